The van der Waals surface area contributed by atoms with Crippen molar-refractivity contribution in [3.8, 4) is 28.6 Å². The third-order valence-corrected chi connectivity index (χ3v) is 15.6. The number of nitrogens with zero attached hydrogens (tertiary/aromatic N) is 2. The monoisotopic (exact) mass is 903 g/mol. The number of carbonyl (C=O) groups excluding carboxylic acids is 4. The fourth-order valence-corrected chi connectivity index (χ4v) is 10.6. The average Bonchev–Trinajstić information content (AvgIpc) is 4.11. The molecular formula is C49H62FN3O10S. The SMILES string of the molecule is COc1ccc2c(O[C@@H]3C[C@H]4C(=O)C[C@]5(C(=O)NS(=O)(=O)C6(C)CC6)C[C@H]5/C=C\CC[C@@H](C)C[C@@H](C)[C@H](CC(=O)OC(C)C)C(=O)N4C3)nc(-c3ccc(OC(C)C)c(F)c3)cc2c1. The Kier molecular flexibility index (Phi) is 13.5. The normalized spacial score (nSPS) is 27.5. The van der Waals surface area contributed by atoms with Crippen molar-refractivity contribution in [3.05, 3.63) is 60.4 Å². The van der Waals surface area contributed by atoms with Crippen LogP contribution in [0.4, 0.5) is 4.39 Å². The molecule has 2 aliphatic carbocycles. The molecule has 2 saturated carbocycles. The number of allylic oxidation sites excluding steroid dienone is 2. The highest BCUT2D eigenvalue weighted by Crippen LogP contribution is 2.58. The standard InChI is InChI=1S/C49H62FN3O10S/c1-28(2)61-43-16-13-32(21-39(43)50)40-22-33-20-35(60-8)14-15-37(33)45(51-40)63-36-23-41-42(54)26-49(47(57)52-64(58,59)48(7)17-18-48)25-34(49)12-10-9-11-30(5)19-31(6)38(46(56)53(41)27-36)24-44(55)62-29(3)4/h10,12-16,20-22,28-31,34,36,38,41H,9,11,17-19,23-27H2,1-8H3,(H,52,57)/b12-10-/t30-,31-,34-,36-,38+,41+,49-/m1/s1. The zero-order valence-electron chi connectivity index (χ0n) is 38.1. The number of nitrogens with one attached hydrogen (secondary N) is 1. The molecule has 0 spiro atoms. The van der Waals surface area contributed by atoms with Gasteiger partial charge in [0.25, 0.3) is 0 Å². The van der Waals surface area contributed by atoms with Crippen molar-refractivity contribution in [2.75, 3.05) is 13.7 Å². The van der Waals surface area contributed by atoms with Gasteiger partial charge in [-0.25, -0.2) is 17.8 Å². The predicted octanol–water partition coefficient (Wildman–Crippen LogP) is 8.12. The van der Waals surface area contributed by atoms with Gasteiger partial charge in [0, 0.05) is 23.8 Å². The van der Waals surface area contributed by atoms with Gasteiger partial charge in [0.15, 0.2) is 17.3 Å². The molecule has 0 bridgehead atoms. The third-order valence-electron chi connectivity index (χ3n) is 13.4. The minimum atomic E-state index is -4.00. The highest BCUT2D eigenvalue weighted by atomic mass is 32.2. The maximum atomic E-state index is 15.3. The molecular weight excluding hydrogens is 842 g/mol. The van der Waals surface area contributed by atoms with E-state index in [1.54, 1.807) is 58.2 Å². The fraction of sp³-hybridized carbons (Fsp3) is 0.571. The van der Waals surface area contributed by atoms with Crippen LogP contribution in [0.15, 0.2) is 54.6 Å². The number of halogens is 1. The average molecular weight is 904 g/mol. The number of rotatable bonds is 12. The summed E-state index contributed by atoms with van der Waals surface area (Å²) in [6.07, 6.45) is 5.32. The maximum Gasteiger partial charge on any atom is 0.306 e. The molecule has 2 aliphatic heterocycles. The second-order valence-corrected chi connectivity index (χ2v) is 21.6. The molecule has 2 aromatic carbocycles. The number of esters is 1. The van der Waals surface area contributed by atoms with Crippen molar-refractivity contribution in [3.63, 3.8) is 0 Å². The lowest BCUT2D eigenvalue weighted by Crippen LogP contribution is -2.48. The number of fused-ring (bicyclic) bond motifs is 3. The molecule has 3 heterocycles. The Bertz CT molecular complexity index is 2430. The summed E-state index contributed by atoms with van der Waals surface area (Å²) in [6, 6.07) is 10.7. The molecule has 64 heavy (non-hydrogen) atoms. The molecule has 7 rings (SSSR count). The predicted molar refractivity (Wildman–Crippen MR) is 240 cm³/mol. The van der Waals surface area contributed by atoms with Gasteiger partial charge in [-0.1, -0.05) is 26.0 Å². The highest BCUT2D eigenvalue weighted by Gasteiger charge is 2.62. The van der Waals surface area contributed by atoms with E-state index in [1.165, 1.54) is 11.0 Å². The van der Waals surface area contributed by atoms with E-state index in [0.29, 0.717) is 53.5 Å². The second kappa shape index (κ2) is 18.4. The summed E-state index contributed by atoms with van der Waals surface area (Å²) in [5, 5.41) is 1.29. The Morgan fingerprint density at radius 3 is 2.44 bits per heavy atom. The molecule has 0 unspecified atom stereocenters. The van der Waals surface area contributed by atoms with E-state index in [2.05, 4.69) is 11.6 Å². The van der Waals surface area contributed by atoms with E-state index in [-0.39, 0.29) is 67.7 Å². The lowest BCUT2D eigenvalue weighted by molar-refractivity contribution is -0.154. The van der Waals surface area contributed by atoms with Gasteiger partial charge >= 0.3 is 5.97 Å². The number of hydrogen-bond donors (Lipinski definition) is 1. The first-order valence-electron chi connectivity index (χ1n) is 22.6. The van der Waals surface area contributed by atoms with E-state index in [4.69, 9.17) is 23.9 Å². The van der Waals surface area contributed by atoms with Gasteiger partial charge in [-0.2, -0.15) is 0 Å². The Labute approximate surface area is 375 Å². The molecule has 1 N–H and O–H groups in total. The first-order chi connectivity index (χ1) is 30.2. The molecule has 3 aromatic rings. The van der Waals surface area contributed by atoms with Gasteiger partial charge in [-0.3, -0.25) is 23.9 Å². The number of methoxy groups -OCH3 is 1. The van der Waals surface area contributed by atoms with Gasteiger partial charge in [-0.15, -0.1) is 0 Å². The number of amides is 2. The second-order valence-electron chi connectivity index (χ2n) is 19.4. The lowest BCUT2D eigenvalue weighted by Gasteiger charge is -2.32. The largest absolute Gasteiger partial charge is 0.497 e. The Balaban J connectivity index is 1.26. The molecule has 0 radical (unpaired) electrons. The Morgan fingerprint density at radius 1 is 1.02 bits per heavy atom. The van der Waals surface area contributed by atoms with Crippen LogP contribution in [0.2, 0.25) is 0 Å². The van der Waals surface area contributed by atoms with E-state index in [9.17, 15) is 22.8 Å². The van der Waals surface area contributed by atoms with Crippen molar-refractivity contribution in [2.45, 2.75) is 135 Å². The number of carbonyl (C=O) groups is 4. The number of Topliss-reactive ketones (excluding diaryl/α,β-unsaturated/α-hetero) is 1. The number of pyridine rings is 1. The van der Waals surface area contributed by atoms with Crippen molar-refractivity contribution in [2.24, 2.45) is 29.1 Å². The van der Waals surface area contributed by atoms with Crippen molar-refractivity contribution in [1.29, 1.82) is 0 Å². The van der Waals surface area contributed by atoms with Crippen molar-refractivity contribution in [1.82, 2.24) is 14.6 Å². The van der Waals surface area contributed by atoms with E-state index >= 15 is 9.18 Å². The highest BCUT2D eigenvalue weighted by molar-refractivity contribution is 7.91. The van der Waals surface area contributed by atoms with E-state index < -0.39 is 73.7 Å². The molecule has 4 aliphatic rings. The maximum absolute atomic E-state index is 15.3. The van der Waals surface area contributed by atoms with E-state index in [1.807, 2.05) is 39.0 Å². The first kappa shape index (κ1) is 46.9. The summed E-state index contributed by atoms with van der Waals surface area (Å²) in [5.74, 6) is -3.03. The topological polar surface area (TPSA) is 167 Å². The third kappa shape index (κ3) is 10.1. The molecule has 7 atom stereocenters. The van der Waals surface area contributed by atoms with Gasteiger partial charge in [-0.05, 0) is 139 Å². The summed E-state index contributed by atoms with van der Waals surface area (Å²) >= 11 is 0. The van der Waals surface area contributed by atoms with Crippen LogP contribution in [0.25, 0.3) is 22.0 Å². The molecule has 3 fully saturated rings. The fourth-order valence-electron chi connectivity index (χ4n) is 9.31. The number of ketones is 1. The summed E-state index contributed by atoms with van der Waals surface area (Å²) in [5.41, 5.74) is -0.468. The van der Waals surface area contributed by atoms with Crippen LogP contribution < -0.4 is 18.9 Å². The smallest absolute Gasteiger partial charge is 0.306 e. The summed E-state index contributed by atoms with van der Waals surface area (Å²) in [6.45, 7) is 12.7. The molecule has 346 valence electrons. The number of aromatic nitrogens is 1. The molecule has 15 heteroatoms. The van der Waals surface area contributed by atoms with Crippen LogP contribution in [0, 0.1) is 34.9 Å². The van der Waals surface area contributed by atoms with Crippen LogP contribution in [0.5, 0.6) is 17.4 Å². The number of ether oxygens (including phenoxy) is 4. The van der Waals surface area contributed by atoms with Crippen molar-refractivity contribution >= 4 is 44.4 Å². The minimum absolute atomic E-state index is 0.0342. The Hall–Kier alpha value is -5.05. The van der Waals surface area contributed by atoms with Crippen LogP contribution in [-0.4, -0.2) is 84.6 Å². The zero-order chi connectivity index (χ0) is 46.3. The summed E-state index contributed by atoms with van der Waals surface area (Å²) < 4.78 is 66.8. The van der Waals surface area contributed by atoms with Gasteiger partial charge in [0.05, 0.1) is 60.1 Å². The molecule has 13 nitrogen and oxygen atoms in total. The van der Waals surface area contributed by atoms with Gasteiger partial charge in [0.2, 0.25) is 27.7 Å². The first-order valence-corrected chi connectivity index (χ1v) is 24.1. The Morgan fingerprint density at radius 2 is 1.77 bits per heavy atom. The molecule has 2 amide bonds. The quantitative estimate of drug-likeness (QED) is 0.138. The van der Waals surface area contributed by atoms with Crippen LogP contribution in [-0.2, 0) is 33.9 Å². The van der Waals surface area contributed by atoms with Crippen LogP contribution in [0.1, 0.15) is 106 Å². The number of benzene rings is 2. The number of hydrogen-bond acceptors (Lipinski definition) is 11. The zero-order valence-corrected chi connectivity index (χ0v) is 39.0. The number of sulfonamides is 1. The van der Waals surface area contributed by atoms with Crippen LogP contribution in [0.3, 0.4) is 0 Å². The van der Waals surface area contributed by atoms with Gasteiger partial charge < -0.3 is 23.8 Å². The minimum Gasteiger partial charge on any atom is -0.497 e. The van der Waals surface area contributed by atoms with Gasteiger partial charge in [0.1, 0.15) is 11.9 Å². The molecule has 1 aromatic heterocycles. The van der Waals surface area contributed by atoms with Crippen molar-refractivity contribution < 1.29 is 50.9 Å². The van der Waals surface area contributed by atoms with Crippen LogP contribution >= 0.6 is 0 Å². The summed E-state index contributed by atoms with van der Waals surface area (Å²) in [7, 11) is -2.45. The van der Waals surface area contributed by atoms with E-state index in [0.717, 1.165) is 6.42 Å². The lowest BCUT2D eigenvalue weighted by atomic mass is 9.82. The molecule has 1 saturated heterocycles. The summed E-state index contributed by atoms with van der Waals surface area (Å²) in [4.78, 5) is 63.8.